The van der Waals surface area contributed by atoms with E-state index in [9.17, 15) is 4.79 Å². The van der Waals surface area contributed by atoms with E-state index in [1.807, 2.05) is 24.3 Å². The third-order valence-electron chi connectivity index (χ3n) is 4.77. The number of nitrogens with one attached hydrogen (secondary N) is 1. The molecular weight excluding hydrogens is 358 g/mol. The maximum Gasteiger partial charge on any atom is 0.162 e. The fraction of sp³-hybridized carbons (Fsp3) is 0.318. The summed E-state index contributed by atoms with van der Waals surface area (Å²) >= 11 is 0. The summed E-state index contributed by atoms with van der Waals surface area (Å²) < 4.78 is 21.4. The zero-order valence-corrected chi connectivity index (χ0v) is 16.6. The van der Waals surface area contributed by atoms with Gasteiger partial charge in [-0.25, -0.2) is 0 Å². The highest BCUT2D eigenvalue weighted by Gasteiger charge is 2.19. The number of ketones is 1. The summed E-state index contributed by atoms with van der Waals surface area (Å²) in [6, 6.07) is 9.32. The monoisotopic (exact) mass is 383 g/mol. The van der Waals surface area contributed by atoms with Crippen molar-refractivity contribution in [1.82, 2.24) is 5.32 Å². The molecule has 0 bridgehead atoms. The number of ether oxygens (including phenoxy) is 4. The lowest BCUT2D eigenvalue weighted by atomic mass is 9.95. The molecule has 0 atom stereocenters. The molecule has 1 N–H and O–H groups in total. The van der Waals surface area contributed by atoms with E-state index >= 15 is 0 Å². The van der Waals surface area contributed by atoms with Crippen LogP contribution in [0.4, 0.5) is 0 Å². The van der Waals surface area contributed by atoms with Gasteiger partial charge in [0.1, 0.15) is 11.5 Å². The van der Waals surface area contributed by atoms with Crippen LogP contribution in [-0.2, 0) is 17.6 Å². The second kappa shape index (κ2) is 8.69. The number of carbonyl (C=O) groups is 1. The van der Waals surface area contributed by atoms with E-state index in [0.717, 1.165) is 35.4 Å². The maximum absolute atomic E-state index is 12.8. The van der Waals surface area contributed by atoms with Crippen LogP contribution in [-0.4, -0.2) is 40.8 Å². The minimum atomic E-state index is -0.0308. The molecule has 0 aromatic heterocycles. The maximum atomic E-state index is 12.8. The van der Waals surface area contributed by atoms with Gasteiger partial charge in [-0.05, 0) is 42.3 Å². The van der Waals surface area contributed by atoms with E-state index < -0.39 is 0 Å². The van der Waals surface area contributed by atoms with Gasteiger partial charge in [0, 0.05) is 35.9 Å². The molecule has 148 valence electrons. The summed E-state index contributed by atoms with van der Waals surface area (Å²) in [6.07, 6.45) is 2.71. The molecule has 2 aromatic rings. The summed E-state index contributed by atoms with van der Waals surface area (Å²) in [5.41, 5.74) is 3.64. The van der Waals surface area contributed by atoms with Gasteiger partial charge in [-0.1, -0.05) is 0 Å². The Morgan fingerprint density at radius 3 is 2.36 bits per heavy atom. The van der Waals surface area contributed by atoms with E-state index in [-0.39, 0.29) is 12.2 Å². The molecule has 0 aliphatic carbocycles. The molecule has 28 heavy (non-hydrogen) atoms. The van der Waals surface area contributed by atoms with Crippen molar-refractivity contribution in [2.45, 2.75) is 12.8 Å². The standard InChI is InChI=1S/C22H25NO5/c1-25-17-5-6-20(26-2)15(10-17)9-16(24)12-19-18-13-22(28-4)21(27-3)11-14(18)7-8-23-19/h5-6,10-13,23H,7-9H2,1-4H3. The van der Waals surface area contributed by atoms with Crippen LogP contribution in [0, 0.1) is 0 Å². The lowest BCUT2D eigenvalue weighted by Crippen LogP contribution is -2.23. The Kier molecular flexibility index (Phi) is 6.09. The van der Waals surface area contributed by atoms with Crippen molar-refractivity contribution in [2.75, 3.05) is 35.0 Å². The summed E-state index contributed by atoms with van der Waals surface area (Å²) in [5, 5.41) is 3.32. The highest BCUT2D eigenvalue weighted by molar-refractivity contribution is 5.98. The van der Waals surface area contributed by atoms with Crippen LogP contribution in [0.5, 0.6) is 23.0 Å². The van der Waals surface area contributed by atoms with E-state index in [1.54, 1.807) is 40.6 Å². The topological polar surface area (TPSA) is 66.0 Å². The third kappa shape index (κ3) is 4.06. The van der Waals surface area contributed by atoms with Crippen LogP contribution < -0.4 is 24.3 Å². The van der Waals surface area contributed by atoms with Gasteiger partial charge in [0.2, 0.25) is 0 Å². The molecule has 6 heteroatoms. The largest absolute Gasteiger partial charge is 0.497 e. The number of carbonyl (C=O) groups excluding carboxylic acids is 1. The third-order valence-corrected chi connectivity index (χ3v) is 4.77. The number of benzene rings is 2. The van der Waals surface area contributed by atoms with Crippen molar-refractivity contribution >= 4 is 11.5 Å². The van der Waals surface area contributed by atoms with Crippen LogP contribution in [0.25, 0.3) is 5.70 Å². The molecular formula is C22H25NO5. The zero-order chi connectivity index (χ0) is 20.1. The second-order valence-electron chi connectivity index (χ2n) is 6.42. The molecule has 1 aliphatic heterocycles. The van der Waals surface area contributed by atoms with Gasteiger partial charge < -0.3 is 24.3 Å². The second-order valence-corrected chi connectivity index (χ2v) is 6.42. The van der Waals surface area contributed by atoms with Crippen LogP contribution in [0.2, 0.25) is 0 Å². The van der Waals surface area contributed by atoms with Gasteiger partial charge in [-0.15, -0.1) is 0 Å². The molecule has 0 saturated carbocycles. The molecule has 0 radical (unpaired) electrons. The van der Waals surface area contributed by atoms with Crippen molar-refractivity contribution in [3.8, 4) is 23.0 Å². The highest BCUT2D eigenvalue weighted by Crippen LogP contribution is 2.35. The normalized spacial score (nSPS) is 14.1. The quantitative estimate of drug-likeness (QED) is 0.742. The smallest absolute Gasteiger partial charge is 0.162 e. The Morgan fingerprint density at radius 2 is 1.68 bits per heavy atom. The van der Waals surface area contributed by atoms with Gasteiger partial charge >= 0.3 is 0 Å². The average molecular weight is 383 g/mol. The predicted molar refractivity (Wildman–Crippen MR) is 107 cm³/mol. The van der Waals surface area contributed by atoms with E-state index in [4.69, 9.17) is 18.9 Å². The fourth-order valence-electron chi connectivity index (χ4n) is 3.35. The summed E-state index contributed by atoms with van der Waals surface area (Å²) in [4.78, 5) is 12.8. The first-order valence-corrected chi connectivity index (χ1v) is 9.04. The molecule has 0 amide bonds. The molecule has 0 saturated heterocycles. The Bertz CT molecular complexity index is 904. The lowest BCUT2D eigenvalue weighted by Gasteiger charge is -2.23. The number of rotatable bonds is 7. The average Bonchev–Trinajstić information content (AvgIpc) is 2.72. The number of fused-ring (bicyclic) bond motifs is 1. The molecule has 1 aliphatic rings. The van der Waals surface area contributed by atoms with Gasteiger partial charge in [0.05, 0.1) is 28.4 Å². The summed E-state index contributed by atoms with van der Waals surface area (Å²) in [6.45, 7) is 0.754. The van der Waals surface area contributed by atoms with Crippen molar-refractivity contribution in [3.05, 3.63) is 53.1 Å². The van der Waals surface area contributed by atoms with Gasteiger partial charge in [-0.2, -0.15) is 0 Å². The molecule has 3 rings (SSSR count). The SMILES string of the molecule is COc1ccc(OC)c(CC(=O)C=C2NCCc3cc(OC)c(OC)cc32)c1. The minimum absolute atomic E-state index is 0.0308. The van der Waals surface area contributed by atoms with Crippen molar-refractivity contribution in [3.63, 3.8) is 0 Å². The minimum Gasteiger partial charge on any atom is -0.497 e. The predicted octanol–water partition coefficient (Wildman–Crippen LogP) is 3.02. The first-order chi connectivity index (χ1) is 13.6. The van der Waals surface area contributed by atoms with Crippen molar-refractivity contribution < 1.29 is 23.7 Å². The zero-order valence-electron chi connectivity index (χ0n) is 16.6. The van der Waals surface area contributed by atoms with E-state index in [1.165, 1.54) is 0 Å². The van der Waals surface area contributed by atoms with Crippen molar-refractivity contribution in [1.29, 1.82) is 0 Å². The number of hydrogen-bond donors (Lipinski definition) is 1. The first kappa shape index (κ1) is 19.6. The molecule has 6 nitrogen and oxygen atoms in total. The Balaban J connectivity index is 1.90. The van der Waals surface area contributed by atoms with Crippen LogP contribution in [0.1, 0.15) is 16.7 Å². The number of allylic oxidation sites excluding steroid dienone is 1. The number of methoxy groups -OCH3 is 4. The Labute approximate surface area is 165 Å². The lowest BCUT2D eigenvalue weighted by molar-refractivity contribution is -0.114. The van der Waals surface area contributed by atoms with Crippen LogP contribution in [0.3, 0.4) is 0 Å². The molecule has 0 spiro atoms. The van der Waals surface area contributed by atoms with E-state index in [2.05, 4.69) is 5.32 Å². The fourth-order valence-corrected chi connectivity index (χ4v) is 3.35. The summed E-state index contributed by atoms with van der Waals surface area (Å²) in [5.74, 6) is 2.65. The Hall–Kier alpha value is -3.15. The molecule has 2 aromatic carbocycles. The molecule has 1 heterocycles. The van der Waals surface area contributed by atoms with Crippen molar-refractivity contribution in [2.24, 2.45) is 0 Å². The van der Waals surface area contributed by atoms with Crippen LogP contribution >= 0.6 is 0 Å². The summed E-state index contributed by atoms with van der Waals surface area (Å²) in [7, 11) is 6.41. The van der Waals surface area contributed by atoms with Crippen LogP contribution in [0.15, 0.2) is 36.4 Å². The van der Waals surface area contributed by atoms with Gasteiger partial charge in [0.15, 0.2) is 17.3 Å². The molecule has 0 unspecified atom stereocenters. The first-order valence-electron chi connectivity index (χ1n) is 9.04. The van der Waals surface area contributed by atoms with Gasteiger partial charge in [-0.3, -0.25) is 4.79 Å². The highest BCUT2D eigenvalue weighted by atomic mass is 16.5. The van der Waals surface area contributed by atoms with E-state index in [0.29, 0.717) is 23.0 Å². The Morgan fingerprint density at radius 1 is 0.964 bits per heavy atom. The van der Waals surface area contributed by atoms with Gasteiger partial charge in [0.25, 0.3) is 0 Å². The number of hydrogen-bond acceptors (Lipinski definition) is 6. The molecule has 0 fully saturated rings.